The van der Waals surface area contributed by atoms with Crippen molar-refractivity contribution in [3.05, 3.63) is 76.2 Å². The van der Waals surface area contributed by atoms with Crippen molar-refractivity contribution in [2.24, 2.45) is 0 Å². The van der Waals surface area contributed by atoms with E-state index < -0.39 is 5.82 Å². The van der Waals surface area contributed by atoms with Gasteiger partial charge in [-0.1, -0.05) is 48.0 Å². The zero-order chi connectivity index (χ0) is 15.5. The van der Waals surface area contributed by atoms with Crippen LogP contribution in [0, 0.1) is 5.82 Å². The molecule has 0 atom stereocenters. The predicted molar refractivity (Wildman–Crippen MR) is 85.6 cm³/mol. The molecule has 1 heterocycles. The third-order valence-electron chi connectivity index (χ3n) is 3.70. The van der Waals surface area contributed by atoms with Crippen LogP contribution >= 0.6 is 11.6 Å². The molecule has 0 bridgehead atoms. The van der Waals surface area contributed by atoms with Gasteiger partial charge in [-0.15, -0.1) is 0 Å². The predicted octanol–water partition coefficient (Wildman–Crippen LogP) is 4.64. The van der Waals surface area contributed by atoms with Gasteiger partial charge in [-0.2, -0.15) is 0 Å². The molecule has 2 aromatic carbocycles. The number of hydrogen-bond donors (Lipinski definition) is 0. The van der Waals surface area contributed by atoms with Gasteiger partial charge in [-0.3, -0.25) is 4.79 Å². The zero-order valence-electron chi connectivity index (χ0n) is 11.9. The van der Waals surface area contributed by atoms with E-state index in [2.05, 4.69) is 0 Å². The number of amides is 1. The van der Waals surface area contributed by atoms with Gasteiger partial charge in [0.15, 0.2) is 0 Å². The molecule has 4 heteroatoms. The van der Waals surface area contributed by atoms with Crippen molar-refractivity contribution in [3.8, 4) is 0 Å². The van der Waals surface area contributed by atoms with E-state index in [4.69, 9.17) is 11.6 Å². The number of carbonyl (C=O) groups is 1. The number of halogens is 2. The second-order valence-corrected chi connectivity index (χ2v) is 5.68. The lowest BCUT2D eigenvalue weighted by Crippen LogP contribution is -2.22. The average Bonchev–Trinajstić information content (AvgIpc) is 2.85. The number of benzene rings is 2. The van der Waals surface area contributed by atoms with Crippen LogP contribution in [-0.4, -0.2) is 10.8 Å². The first-order valence-corrected chi connectivity index (χ1v) is 7.51. The van der Waals surface area contributed by atoms with Crippen LogP contribution in [0.5, 0.6) is 0 Å². The molecule has 1 fully saturated rings. The Kier molecular flexibility index (Phi) is 4.25. The van der Waals surface area contributed by atoms with Crippen LogP contribution in [0.15, 0.2) is 54.2 Å². The Bertz CT molecular complexity index is 727. The van der Waals surface area contributed by atoms with Crippen molar-refractivity contribution in [1.82, 2.24) is 4.90 Å². The van der Waals surface area contributed by atoms with E-state index in [1.807, 2.05) is 36.4 Å². The first kappa shape index (κ1) is 14.8. The number of hydrogen-bond acceptors (Lipinski definition) is 1. The Balaban J connectivity index is 1.85. The summed E-state index contributed by atoms with van der Waals surface area (Å²) in [6.45, 7) is 0.414. The van der Waals surface area contributed by atoms with Gasteiger partial charge in [-0.05, 0) is 35.8 Å². The quantitative estimate of drug-likeness (QED) is 0.808. The van der Waals surface area contributed by atoms with Crippen molar-refractivity contribution in [2.45, 2.75) is 19.4 Å². The molecular formula is C18H15ClFNO. The number of allylic oxidation sites excluding steroid dienone is 1. The fourth-order valence-electron chi connectivity index (χ4n) is 2.57. The van der Waals surface area contributed by atoms with Crippen LogP contribution in [0.1, 0.15) is 24.0 Å². The highest BCUT2D eigenvalue weighted by Gasteiger charge is 2.25. The van der Waals surface area contributed by atoms with Crippen molar-refractivity contribution >= 4 is 23.6 Å². The lowest BCUT2D eigenvalue weighted by atomic mass is 10.1. The molecule has 0 N–H and O–H groups in total. The number of nitrogens with zero attached hydrogens (tertiary/aromatic N) is 1. The van der Waals surface area contributed by atoms with Crippen LogP contribution in [0.4, 0.5) is 4.39 Å². The van der Waals surface area contributed by atoms with Gasteiger partial charge in [0, 0.05) is 12.1 Å². The summed E-state index contributed by atoms with van der Waals surface area (Å²) in [5, 5.41) is 0.0812. The summed E-state index contributed by atoms with van der Waals surface area (Å²) in [5.74, 6) is -0.360. The van der Waals surface area contributed by atoms with Crippen molar-refractivity contribution in [3.63, 3.8) is 0 Å². The summed E-state index contributed by atoms with van der Waals surface area (Å²) in [6, 6.07) is 14.5. The van der Waals surface area contributed by atoms with Gasteiger partial charge in [0.2, 0.25) is 5.91 Å². The first-order chi connectivity index (χ1) is 10.6. The van der Waals surface area contributed by atoms with Gasteiger partial charge in [0.25, 0.3) is 0 Å². The van der Waals surface area contributed by atoms with E-state index in [9.17, 15) is 9.18 Å². The molecule has 0 unspecified atom stereocenters. The standard InChI is InChI=1S/C18H15ClFNO/c19-16-11-14(6-8-17(16)20)12-21-15(7-9-18(21)22)10-13-4-2-1-3-5-13/h1-6,8,10-11H,7,9,12H2/b15-10+. The molecule has 2 aromatic rings. The summed E-state index contributed by atoms with van der Waals surface area (Å²) in [7, 11) is 0. The lowest BCUT2D eigenvalue weighted by Gasteiger charge is -2.18. The summed E-state index contributed by atoms with van der Waals surface area (Å²) in [6.07, 6.45) is 3.26. The number of carbonyl (C=O) groups excluding carboxylic acids is 1. The van der Waals surface area contributed by atoms with Gasteiger partial charge >= 0.3 is 0 Å². The summed E-state index contributed by atoms with van der Waals surface area (Å²) >= 11 is 5.81. The zero-order valence-corrected chi connectivity index (χ0v) is 12.7. The molecule has 0 spiro atoms. The summed E-state index contributed by atoms with van der Waals surface area (Å²) < 4.78 is 13.2. The lowest BCUT2D eigenvalue weighted by molar-refractivity contribution is -0.127. The van der Waals surface area contributed by atoms with E-state index in [0.29, 0.717) is 13.0 Å². The molecule has 0 aromatic heterocycles. The van der Waals surface area contributed by atoms with E-state index >= 15 is 0 Å². The number of rotatable bonds is 3. The largest absolute Gasteiger partial charge is 0.312 e. The summed E-state index contributed by atoms with van der Waals surface area (Å²) in [5.41, 5.74) is 2.87. The molecule has 1 aliphatic heterocycles. The second-order valence-electron chi connectivity index (χ2n) is 5.27. The highest BCUT2D eigenvalue weighted by Crippen LogP contribution is 2.27. The Hall–Kier alpha value is -2.13. The van der Waals surface area contributed by atoms with E-state index in [1.165, 1.54) is 6.07 Å². The Morgan fingerprint density at radius 3 is 2.64 bits per heavy atom. The molecule has 1 aliphatic rings. The minimum Gasteiger partial charge on any atom is -0.312 e. The van der Waals surface area contributed by atoms with Crippen LogP contribution in [-0.2, 0) is 11.3 Å². The SMILES string of the molecule is O=C1CC/C(=C\c2ccccc2)N1Cc1ccc(F)c(Cl)c1. The van der Waals surface area contributed by atoms with Crippen LogP contribution in [0.25, 0.3) is 6.08 Å². The van der Waals surface area contributed by atoms with Crippen molar-refractivity contribution in [1.29, 1.82) is 0 Å². The topological polar surface area (TPSA) is 20.3 Å². The van der Waals surface area contributed by atoms with E-state index in [1.54, 1.807) is 17.0 Å². The molecular weight excluding hydrogens is 301 g/mol. The molecule has 0 aliphatic carbocycles. The minimum atomic E-state index is -0.446. The second kappa shape index (κ2) is 6.32. The minimum absolute atomic E-state index is 0.0812. The molecule has 1 amide bonds. The molecule has 112 valence electrons. The van der Waals surface area contributed by atoms with E-state index in [0.717, 1.165) is 23.2 Å². The van der Waals surface area contributed by atoms with E-state index in [-0.39, 0.29) is 10.9 Å². The Morgan fingerprint density at radius 1 is 1.14 bits per heavy atom. The maximum Gasteiger partial charge on any atom is 0.227 e. The molecule has 22 heavy (non-hydrogen) atoms. The monoisotopic (exact) mass is 315 g/mol. The maximum atomic E-state index is 13.2. The molecule has 2 nitrogen and oxygen atoms in total. The highest BCUT2D eigenvalue weighted by atomic mass is 35.5. The highest BCUT2D eigenvalue weighted by molar-refractivity contribution is 6.30. The van der Waals surface area contributed by atoms with Crippen molar-refractivity contribution in [2.75, 3.05) is 0 Å². The van der Waals surface area contributed by atoms with Gasteiger partial charge in [0.1, 0.15) is 5.82 Å². The first-order valence-electron chi connectivity index (χ1n) is 7.13. The molecule has 1 saturated heterocycles. The smallest absolute Gasteiger partial charge is 0.227 e. The Morgan fingerprint density at radius 2 is 1.91 bits per heavy atom. The van der Waals surface area contributed by atoms with Gasteiger partial charge < -0.3 is 4.90 Å². The fraction of sp³-hybridized carbons (Fsp3) is 0.167. The third-order valence-corrected chi connectivity index (χ3v) is 3.99. The average molecular weight is 316 g/mol. The van der Waals surface area contributed by atoms with Crippen molar-refractivity contribution < 1.29 is 9.18 Å². The third kappa shape index (κ3) is 3.20. The molecule has 0 radical (unpaired) electrons. The number of likely N-dealkylation sites (tertiary alicyclic amines) is 1. The summed E-state index contributed by atoms with van der Waals surface area (Å²) in [4.78, 5) is 13.9. The maximum absolute atomic E-state index is 13.2. The molecule has 0 saturated carbocycles. The van der Waals surface area contributed by atoms with Crippen LogP contribution in [0.3, 0.4) is 0 Å². The molecule has 3 rings (SSSR count). The Labute approximate surface area is 133 Å². The normalized spacial score (nSPS) is 16.5. The fourth-order valence-corrected chi connectivity index (χ4v) is 2.77. The van der Waals surface area contributed by atoms with Gasteiger partial charge in [-0.25, -0.2) is 4.39 Å². The van der Waals surface area contributed by atoms with Crippen LogP contribution < -0.4 is 0 Å². The van der Waals surface area contributed by atoms with Gasteiger partial charge in [0.05, 0.1) is 11.6 Å². The van der Waals surface area contributed by atoms with Crippen LogP contribution in [0.2, 0.25) is 5.02 Å².